The number of ether oxygens (including phenoxy) is 2. The van der Waals surface area contributed by atoms with E-state index in [-0.39, 0.29) is 5.97 Å². The lowest BCUT2D eigenvalue weighted by Crippen LogP contribution is -2.15. The SMILES string of the molecule is CCc1cc(OC(=O)CSC)c(C)cc1OCNC. The second kappa shape index (κ2) is 8.07. The Balaban J connectivity index is 2.92. The molecule has 0 aromatic heterocycles. The van der Waals surface area contributed by atoms with Gasteiger partial charge in [-0.1, -0.05) is 6.92 Å². The number of aryl methyl sites for hydroxylation is 2. The largest absolute Gasteiger partial charge is 0.478 e. The number of nitrogens with one attached hydrogen (secondary N) is 1. The van der Waals surface area contributed by atoms with Crippen LogP contribution in [0.15, 0.2) is 12.1 Å². The molecule has 0 atom stereocenters. The second-order valence-electron chi connectivity index (χ2n) is 4.13. The highest BCUT2D eigenvalue weighted by Gasteiger charge is 2.11. The lowest BCUT2D eigenvalue weighted by Gasteiger charge is -2.14. The normalized spacial score (nSPS) is 10.3. The van der Waals surface area contributed by atoms with Gasteiger partial charge in [-0.15, -0.1) is 0 Å². The predicted molar refractivity (Wildman–Crippen MR) is 79.1 cm³/mol. The molecule has 0 aliphatic carbocycles. The summed E-state index contributed by atoms with van der Waals surface area (Å²) in [6.45, 7) is 4.41. The van der Waals surface area contributed by atoms with Gasteiger partial charge in [0, 0.05) is 0 Å². The Bertz CT molecular complexity index is 435. The maximum atomic E-state index is 11.5. The summed E-state index contributed by atoms with van der Waals surface area (Å²) in [5.41, 5.74) is 1.94. The maximum Gasteiger partial charge on any atom is 0.321 e. The first-order chi connectivity index (χ1) is 9.12. The smallest absolute Gasteiger partial charge is 0.321 e. The van der Waals surface area contributed by atoms with Crippen molar-refractivity contribution in [2.45, 2.75) is 20.3 Å². The van der Waals surface area contributed by atoms with Crippen LogP contribution in [0.4, 0.5) is 0 Å². The minimum atomic E-state index is -0.221. The standard InChI is InChI=1S/C14H21NO3S/c1-5-11-7-12(18-14(16)8-19-4)10(2)6-13(11)17-9-15-3/h6-7,15H,5,8-9H2,1-4H3. The number of thioether (sulfide) groups is 1. The van der Waals surface area contributed by atoms with Crippen LogP contribution in [0.3, 0.4) is 0 Å². The molecule has 1 aromatic carbocycles. The van der Waals surface area contributed by atoms with Gasteiger partial charge in [-0.2, -0.15) is 11.8 Å². The van der Waals surface area contributed by atoms with Gasteiger partial charge in [-0.05, 0) is 49.9 Å². The van der Waals surface area contributed by atoms with E-state index in [1.165, 1.54) is 11.8 Å². The van der Waals surface area contributed by atoms with E-state index >= 15 is 0 Å². The fourth-order valence-corrected chi connectivity index (χ4v) is 1.94. The molecule has 1 rings (SSSR count). The monoisotopic (exact) mass is 283 g/mol. The van der Waals surface area contributed by atoms with E-state index in [2.05, 4.69) is 5.32 Å². The number of esters is 1. The third-order valence-corrected chi connectivity index (χ3v) is 3.12. The molecular weight excluding hydrogens is 262 g/mol. The van der Waals surface area contributed by atoms with Crippen LogP contribution in [-0.2, 0) is 11.2 Å². The first-order valence-corrected chi connectivity index (χ1v) is 7.62. The molecule has 5 heteroatoms. The van der Waals surface area contributed by atoms with Crippen molar-refractivity contribution < 1.29 is 14.3 Å². The first kappa shape index (κ1) is 15.9. The van der Waals surface area contributed by atoms with Crippen LogP contribution < -0.4 is 14.8 Å². The Morgan fingerprint density at radius 2 is 2.11 bits per heavy atom. The molecule has 0 heterocycles. The molecule has 1 aromatic rings. The van der Waals surface area contributed by atoms with Gasteiger partial charge >= 0.3 is 5.97 Å². The van der Waals surface area contributed by atoms with Gasteiger partial charge in [0.05, 0.1) is 5.75 Å². The van der Waals surface area contributed by atoms with Crippen molar-refractivity contribution in [3.05, 3.63) is 23.3 Å². The van der Waals surface area contributed by atoms with E-state index in [0.29, 0.717) is 18.2 Å². The lowest BCUT2D eigenvalue weighted by molar-refractivity contribution is -0.131. The molecule has 106 valence electrons. The molecule has 0 radical (unpaired) electrons. The molecule has 19 heavy (non-hydrogen) atoms. The second-order valence-corrected chi connectivity index (χ2v) is 4.99. The third kappa shape index (κ3) is 4.76. The number of carbonyl (C=O) groups is 1. The molecular formula is C14H21NO3S. The fraction of sp³-hybridized carbons (Fsp3) is 0.500. The Kier molecular flexibility index (Phi) is 6.73. The van der Waals surface area contributed by atoms with E-state index in [1.54, 1.807) is 0 Å². The summed E-state index contributed by atoms with van der Waals surface area (Å²) in [7, 11) is 1.83. The molecule has 1 N–H and O–H groups in total. The number of rotatable bonds is 7. The Labute approximate surface area is 118 Å². The van der Waals surface area contributed by atoms with Crippen LogP contribution in [0, 0.1) is 6.92 Å². The van der Waals surface area contributed by atoms with Crippen molar-refractivity contribution >= 4 is 17.7 Å². The molecule has 0 amide bonds. The Morgan fingerprint density at radius 3 is 2.68 bits per heavy atom. The van der Waals surface area contributed by atoms with Gasteiger partial charge in [-0.25, -0.2) is 0 Å². The van der Waals surface area contributed by atoms with Crippen molar-refractivity contribution in [2.24, 2.45) is 0 Å². The number of hydrogen-bond donors (Lipinski definition) is 1. The van der Waals surface area contributed by atoms with Crippen molar-refractivity contribution in [1.29, 1.82) is 0 Å². The first-order valence-electron chi connectivity index (χ1n) is 6.22. The quantitative estimate of drug-likeness (QED) is 0.473. The van der Waals surface area contributed by atoms with Crippen LogP contribution in [-0.4, -0.2) is 31.8 Å². The zero-order valence-corrected chi connectivity index (χ0v) is 12.7. The van der Waals surface area contributed by atoms with E-state index in [0.717, 1.165) is 23.3 Å². The van der Waals surface area contributed by atoms with Gasteiger partial charge in [-0.3, -0.25) is 10.1 Å². The van der Waals surface area contributed by atoms with E-state index in [4.69, 9.17) is 9.47 Å². The molecule has 0 saturated heterocycles. The maximum absolute atomic E-state index is 11.5. The predicted octanol–water partition coefficient (Wildman–Crippen LogP) is 2.38. The number of carbonyl (C=O) groups excluding carboxylic acids is 1. The highest BCUT2D eigenvalue weighted by atomic mass is 32.2. The topological polar surface area (TPSA) is 47.6 Å². The highest BCUT2D eigenvalue weighted by Crippen LogP contribution is 2.29. The van der Waals surface area contributed by atoms with Crippen LogP contribution in [0.1, 0.15) is 18.1 Å². The lowest BCUT2D eigenvalue weighted by atomic mass is 10.1. The summed E-state index contributed by atoms with van der Waals surface area (Å²) in [6, 6.07) is 3.80. The van der Waals surface area contributed by atoms with Crippen LogP contribution in [0.5, 0.6) is 11.5 Å². The summed E-state index contributed by atoms with van der Waals surface area (Å²) >= 11 is 1.45. The van der Waals surface area contributed by atoms with E-state index in [9.17, 15) is 4.79 Å². The molecule has 0 fully saturated rings. The summed E-state index contributed by atoms with van der Waals surface area (Å²) in [4.78, 5) is 11.5. The van der Waals surface area contributed by atoms with Gasteiger partial charge < -0.3 is 9.47 Å². The molecule has 0 bridgehead atoms. The molecule has 0 aliphatic heterocycles. The summed E-state index contributed by atoms with van der Waals surface area (Å²) in [6.07, 6.45) is 2.70. The molecule has 0 saturated carbocycles. The summed E-state index contributed by atoms with van der Waals surface area (Å²) in [5, 5.41) is 2.94. The van der Waals surface area contributed by atoms with Gasteiger partial charge in [0.1, 0.15) is 18.2 Å². The fourth-order valence-electron chi connectivity index (χ4n) is 1.64. The van der Waals surface area contributed by atoms with Crippen LogP contribution in [0.25, 0.3) is 0 Å². The van der Waals surface area contributed by atoms with Crippen LogP contribution in [0.2, 0.25) is 0 Å². The third-order valence-electron chi connectivity index (χ3n) is 2.60. The molecule has 0 spiro atoms. The molecule has 4 nitrogen and oxygen atoms in total. The minimum absolute atomic E-state index is 0.221. The Hall–Kier alpha value is -1.20. The van der Waals surface area contributed by atoms with Gasteiger partial charge in [0.2, 0.25) is 0 Å². The highest BCUT2D eigenvalue weighted by molar-refractivity contribution is 7.99. The number of hydrogen-bond acceptors (Lipinski definition) is 5. The zero-order chi connectivity index (χ0) is 14.3. The van der Waals surface area contributed by atoms with E-state index in [1.807, 2.05) is 39.3 Å². The van der Waals surface area contributed by atoms with Crippen molar-refractivity contribution in [1.82, 2.24) is 5.32 Å². The average molecular weight is 283 g/mol. The molecule has 0 aliphatic rings. The zero-order valence-electron chi connectivity index (χ0n) is 11.9. The average Bonchev–Trinajstić information content (AvgIpc) is 2.39. The number of benzene rings is 1. The molecule has 0 unspecified atom stereocenters. The van der Waals surface area contributed by atoms with Crippen molar-refractivity contribution in [3.8, 4) is 11.5 Å². The van der Waals surface area contributed by atoms with Crippen molar-refractivity contribution in [3.63, 3.8) is 0 Å². The summed E-state index contributed by atoms with van der Waals surface area (Å²) in [5.74, 6) is 1.59. The van der Waals surface area contributed by atoms with Crippen LogP contribution >= 0.6 is 11.8 Å². The van der Waals surface area contributed by atoms with Crippen molar-refractivity contribution in [2.75, 3.05) is 25.8 Å². The van der Waals surface area contributed by atoms with Gasteiger partial charge in [0.15, 0.2) is 0 Å². The summed E-state index contributed by atoms with van der Waals surface area (Å²) < 4.78 is 11.0. The Morgan fingerprint density at radius 1 is 1.37 bits per heavy atom. The minimum Gasteiger partial charge on any atom is -0.478 e. The van der Waals surface area contributed by atoms with Gasteiger partial charge in [0.25, 0.3) is 0 Å². The van der Waals surface area contributed by atoms with E-state index < -0.39 is 0 Å².